The zero-order valence-electron chi connectivity index (χ0n) is 21.9. The van der Waals surface area contributed by atoms with Gasteiger partial charge < -0.3 is 20.1 Å². The number of benzene rings is 2. The van der Waals surface area contributed by atoms with Gasteiger partial charge in [0.1, 0.15) is 11.6 Å². The number of hydrogen-bond acceptors (Lipinski definition) is 6. The number of carbonyl (C=O) groups is 3. The first kappa shape index (κ1) is 29.8. The standard InChI is InChI=1S/C27H31ClFN3O7S/c1-39-19-9-5-8-18(14-19)27(36)31-12-13-32(40(37,38)20-10-11-22(29)21(28)15-20)26(31)25(35)30-23(16-24(33)34)17-6-3-2-4-7-17/h5,8-11,14-15,17,23,26H,2-4,6-7,12-13,16H2,1H3,(H,30,35)(H,33,34). The van der Waals surface area contributed by atoms with Crippen LogP contribution < -0.4 is 10.1 Å². The number of carboxylic acids is 1. The minimum atomic E-state index is -4.43. The molecule has 2 unspecified atom stereocenters. The van der Waals surface area contributed by atoms with Crippen molar-refractivity contribution in [1.29, 1.82) is 0 Å². The summed E-state index contributed by atoms with van der Waals surface area (Å²) in [5.74, 6) is -3.04. The fourth-order valence-corrected chi connectivity index (χ4v) is 7.17. The van der Waals surface area contributed by atoms with Crippen molar-refractivity contribution in [2.75, 3.05) is 20.2 Å². The van der Waals surface area contributed by atoms with Gasteiger partial charge in [0.2, 0.25) is 10.0 Å². The maximum atomic E-state index is 13.8. The predicted molar refractivity (Wildman–Crippen MR) is 144 cm³/mol. The molecular formula is C27H31ClFN3O7S. The molecule has 0 aromatic heterocycles. The third-order valence-electron chi connectivity index (χ3n) is 7.38. The number of halogens is 2. The van der Waals surface area contributed by atoms with Crippen LogP contribution in [0.25, 0.3) is 0 Å². The summed E-state index contributed by atoms with van der Waals surface area (Å²) < 4.78 is 47.2. The summed E-state index contributed by atoms with van der Waals surface area (Å²) >= 11 is 5.85. The first-order valence-corrected chi connectivity index (χ1v) is 14.8. The van der Waals surface area contributed by atoms with E-state index in [4.69, 9.17) is 16.3 Å². The molecule has 2 atom stereocenters. The fraction of sp³-hybridized carbons (Fsp3) is 0.444. The number of rotatable bonds is 9. The summed E-state index contributed by atoms with van der Waals surface area (Å²) in [7, 11) is -2.99. The van der Waals surface area contributed by atoms with E-state index in [-0.39, 0.29) is 35.9 Å². The van der Waals surface area contributed by atoms with Crippen molar-refractivity contribution < 1.29 is 37.0 Å². The number of nitrogens with zero attached hydrogens (tertiary/aromatic N) is 2. The van der Waals surface area contributed by atoms with Crippen molar-refractivity contribution in [1.82, 2.24) is 14.5 Å². The lowest BCUT2D eigenvalue weighted by Gasteiger charge is -2.34. The lowest BCUT2D eigenvalue weighted by atomic mass is 9.82. The molecule has 40 heavy (non-hydrogen) atoms. The molecule has 0 radical (unpaired) electrons. The molecule has 1 aliphatic carbocycles. The van der Waals surface area contributed by atoms with Gasteiger partial charge in [-0.25, -0.2) is 12.8 Å². The number of methoxy groups -OCH3 is 1. The van der Waals surface area contributed by atoms with Crippen molar-refractivity contribution in [2.45, 2.75) is 55.6 Å². The van der Waals surface area contributed by atoms with Crippen LogP contribution in [0.3, 0.4) is 0 Å². The normalized spacial score (nSPS) is 19.3. The summed E-state index contributed by atoms with van der Waals surface area (Å²) in [6.07, 6.45) is 2.30. The average Bonchev–Trinajstić information content (AvgIpc) is 3.40. The summed E-state index contributed by atoms with van der Waals surface area (Å²) in [6.45, 7) is -0.340. The Labute approximate surface area is 237 Å². The van der Waals surface area contributed by atoms with Crippen LogP contribution in [0, 0.1) is 11.7 Å². The molecule has 4 rings (SSSR count). The van der Waals surface area contributed by atoms with Crippen LogP contribution in [0.5, 0.6) is 5.75 Å². The number of hydrogen-bond donors (Lipinski definition) is 2. The Hall–Kier alpha value is -3.22. The van der Waals surface area contributed by atoms with Crippen LogP contribution in [0.4, 0.5) is 4.39 Å². The summed E-state index contributed by atoms with van der Waals surface area (Å²) in [5, 5.41) is 11.9. The fourth-order valence-electron chi connectivity index (χ4n) is 5.35. The van der Waals surface area contributed by atoms with Gasteiger partial charge in [-0.15, -0.1) is 0 Å². The highest BCUT2D eigenvalue weighted by Crippen LogP contribution is 2.31. The molecule has 216 valence electrons. The number of aliphatic carboxylic acids is 1. The van der Waals surface area contributed by atoms with Crippen LogP contribution in [-0.4, -0.2) is 72.9 Å². The molecule has 2 amide bonds. The zero-order chi connectivity index (χ0) is 29.0. The Morgan fingerprint density at radius 2 is 1.85 bits per heavy atom. The Morgan fingerprint density at radius 3 is 2.50 bits per heavy atom. The molecule has 1 aliphatic heterocycles. The second-order valence-corrected chi connectivity index (χ2v) is 12.2. The lowest BCUT2D eigenvalue weighted by Crippen LogP contribution is -2.56. The van der Waals surface area contributed by atoms with Gasteiger partial charge >= 0.3 is 5.97 Å². The Bertz CT molecular complexity index is 1380. The van der Waals surface area contributed by atoms with Crippen LogP contribution in [-0.2, 0) is 19.6 Å². The number of nitrogens with one attached hydrogen (secondary N) is 1. The van der Waals surface area contributed by atoms with Crippen LogP contribution in [0.15, 0.2) is 47.4 Å². The Morgan fingerprint density at radius 1 is 1.12 bits per heavy atom. The van der Waals surface area contributed by atoms with Crippen molar-refractivity contribution in [2.24, 2.45) is 5.92 Å². The largest absolute Gasteiger partial charge is 0.497 e. The first-order chi connectivity index (χ1) is 19.0. The van der Waals surface area contributed by atoms with E-state index in [1.54, 1.807) is 12.1 Å². The number of sulfonamides is 1. The molecule has 0 spiro atoms. The molecule has 10 nitrogen and oxygen atoms in total. The number of ether oxygens (including phenoxy) is 1. The smallest absolute Gasteiger partial charge is 0.305 e. The zero-order valence-corrected chi connectivity index (χ0v) is 23.5. The van der Waals surface area contributed by atoms with Crippen LogP contribution >= 0.6 is 11.6 Å². The minimum absolute atomic E-state index is 0.0984. The van der Waals surface area contributed by atoms with Crippen molar-refractivity contribution >= 4 is 39.4 Å². The van der Waals surface area contributed by atoms with Gasteiger partial charge in [0.05, 0.1) is 23.4 Å². The topological polar surface area (TPSA) is 133 Å². The molecule has 13 heteroatoms. The molecule has 1 heterocycles. The molecule has 1 saturated carbocycles. The molecule has 0 bridgehead atoms. The first-order valence-electron chi connectivity index (χ1n) is 13.0. The molecule has 2 N–H and O–H groups in total. The number of carbonyl (C=O) groups excluding carboxylic acids is 2. The summed E-state index contributed by atoms with van der Waals surface area (Å²) in [4.78, 5) is 39.9. The van der Waals surface area contributed by atoms with Crippen molar-refractivity contribution in [3.63, 3.8) is 0 Å². The average molecular weight is 596 g/mol. The maximum absolute atomic E-state index is 13.8. The summed E-state index contributed by atoms with van der Waals surface area (Å²) in [6, 6.07) is 8.38. The van der Waals surface area contributed by atoms with E-state index >= 15 is 0 Å². The third-order valence-corrected chi connectivity index (χ3v) is 9.52. The van der Waals surface area contributed by atoms with E-state index in [0.29, 0.717) is 5.75 Å². The molecule has 1 saturated heterocycles. The highest BCUT2D eigenvalue weighted by Gasteiger charge is 2.47. The van der Waals surface area contributed by atoms with Crippen molar-refractivity contribution in [3.05, 3.63) is 58.9 Å². The van der Waals surface area contributed by atoms with Gasteiger partial charge in [-0.05, 0) is 55.2 Å². The summed E-state index contributed by atoms with van der Waals surface area (Å²) in [5.41, 5.74) is 0.176. The van der Waals surface area contributed by atoms with Gasteiger partial charge in [0, 0.05) is 24.7 Å². The van der Waals surface area contributed by atoms with E-state index in [0.717, 1.165) is 59.5 Å². The monoisotopic (exact) mass is 595 g/mol. The lowest BCUT2D eigenvalue weighted by molar-refractivity contribution is -0.138. The van der Waals surface area contributed by atoms with E-state index in [9.17, 15) is 32.3 Å². The molecular weight excluding hydrogens is 565 g/mol. The number of amides is 2. The molecule has 2 fully saturated rings. The highest BCUT2D eigenvalue weighted by molar-refractivity contribution is 7.89. The second-order valence-electron chi connectivity index (χ2n) is 9.91. The Kier molecular flexibility index (Phi) is 9.32. The van der Waals surface area contributed by atoms with Crippen LogP contribution in [0.2, 0.25) is 5.02 Å². The van der Waals surface area contributed by atoms with E-state index in [2.05, 4.69) is 5.32 Å². The highest BCUT2D eigenvalue weighted by atomic mass is 35.5. The molecule has 2 aromatic rings. The number of carboxylic acid groups (broad SMARTS) is 1. The van der Waals surface area contributed by atoms with Gasteiger partial charge in [-0.3, -0.25) is 14.4 Å². The van der Waals surface area contributed by atoms with E-state index < -0.39 is 50.9 Å². The predicted octanol–water partition coefficient (Wildman–Crippen LogP) is 3.50. The molecule has 2 aliphatic rings. The third kappa shape index (κ3) is 6.39. The van der Waals surface area contributed by atoms with Gasteiger partial charge in [0.25, 0.3) is 11.8 Å². The second kappa shape index (κ2) is 12.5. The quantitative estimate of drug-likeness (QED) is 0.453. The van der Waals surface area contributed by atoms with Gasteiger partial charge in [0.15, 0.2) is 6.17 Å². The van der Waals surface area contributed by atoms with E-state index in [1.165, 1.54) is 19.2 Å². The minimum Gasteiger partial charge on any atom is -0.497 e. The Balaban J connectivity index is 1.71. The van der Waals surface area contributed by atoms with Gasteiger partial charge in [-0.1, -0.05) is 36.9 Å². The van der Waals surface area contributed by atoms with Crippen molar-refractivity contribution in [3.8, 4) is 5.75 Å². The van der Waals surface area contributed by atoms with Crippen LogP contribution in [0.1, 0.15) is 48.9 Å². The molecule has 2 aromatic carbocycles. The van der Waals surface area contributed by atoms with Gasteiger partial charge in [-0.2, -0.15) is 4.31 Å². The SMILES string of the molecule is COc1cccc(C(=O)N2CCN(S(=O)(=O)c3ccc(F)c(Cl)c3)C2C(=O)NC(CC(=O)O)C2CCCCC2)c1. The van der Waals surface area contributed by atoms with E-state index in [1.807, 2.05) is 0 Å². The maximum Gasteiger partial charge on any atom is 0.305 e.